The van der Waals surface area contributed by atoms with E-state index in [9.17, 15) is 4.79 Å². The summed E-state index contributed by atoms with van der Waals surface area (Å²) >= 11 is 0. The van der Waals surface area contributed by atoms with E-state index in [4.69, 9.17) is 5.11 Å². The van der Waals surface area contributed by atoms with Crippen LogP contribution in [0.15, 0.2) is 12.2 Å². The van der Waals surface area contributed by atoms with E-state index in [0.717, 1.165) is 31.6 Å². The van der Waals surface area contributed by atoms with Crippen LogP contribution in [0.3, 0.4) is 0 Å². The quantitative estimate of drug-likeness (QED) is 0.0941. The lowest BCUT2D eigenvalue weighted by atomic mass is 9.93. The van der Waals surface area contributed by atoms with Gasteiger partial charge in [0, 0.05) is 13.0 Å². The van der Waals surface area contributed by atoms with Gasteiger partial charge in [0.05, 0.1) is 0 Å². The third kappa shape index (κ3) is 27.4. The van der Waals surface area contributed by atoms with E-state index in [1.165, 1.54) is 122 Å². The third-order valence-electron chi connectivity index (χ3n) is 7.00. The molecule has 0 bridgehead atoms. The SMILES string of the molecule is CCCCCCCCCC(CCCCCCCCCCC=CCCCCCC(=O)O)CN(C)C. The number of carboxylic acid groups (broad SMARTS) is 1. The molecule has 0 heterocycles. The van der Waals surface area contributed by atoms with Gasteiger partial charge in [0.15, 0.2) is 0 Å². The number of allylic oxidation sites excluding steroid dienone is 2. The van der Waals surface area contributed by atoms with Gasteiger partial charge in [-0.1, -0.05) is 115 Å². The van der Waals surface area contributed by atoms with Crippen LogP contribution in [0.2, 0.25) is 0 Å². The van der Waals surface area contributed by atoms with Gasteiger partial charge in [-0.3, -0.25) is 4.79 Å². The minimum atomic E-state index is -0.668. The Hall–Kier alpha value is -0.830. The van der Waals surface area contributed by atoms with Gasteiger partial charge in [-0.2, -0.15) is 0 Å². The van der Waals surface area contributed by atoms with E-state index in [2.05, 4.69) is 38.1 Å². The first kappa shape index (κ1) is 33.2. The fraction of sp³-hybridized carbons (Fsp3) is 0.903. The lowest BCUT2D eigenvalue weighted by Crippen LogP contribution is -2.21. The Bertz CT molecular complexity index is 447. The molecule has 0 aromatic carbocycles. The monoisotopic (exact) mass is 479 g/mol. The van der Waals surface area contributed by atoms with Crippen LogP contribution in [0.25, 0.3) is 0 Å². The highest BCUT2D eigenvalue weighted by molar-refractivity contribution is 5.66. The average Bonchev–Trinajstić information content (AvgIpc) is 2.79. The maximum absolute atomic E-state index is 10.5. The molecule has 1 atom stereocenters. The maximum atomic E-state index is 10.5. The van der Waals surface area contributed by atoms with Gasteiger partial charge in [0.1, 0.15) is 0 Å². The smallest absolute Gasteiger partial charge is 0.303 e. The molecule has 3 nitrogen and oxygen atoms in total. The molecule has 1 unspecified atom stereocenters. The molecular formula is C31H61NO2. The Labute approximate surface area is 214 Å². The predicted octanol–water partition coefficient (Wildman–Crippen LogP) is 9.80. The van der Waals surface area contributed by atoms with Crippen molar-refractivity contribution in [2.75, 3.05) is 20.6 Å². The molecule has 0 aliphatic carbocycles. The summed E-state index contributed by atoms with van der Waals surface area (Å²) in [6, 6.07) is 0. The van der Waals surface area contributed by atoms with Gasteiger partial charge in [-0.25, -0.2) is 0 Å². The maximum Gasteiger partial charge on any atom is 0.303 e. The van der Waals surface area contributed by atoms with Crippen LogP contribution in [0.1, 0.15) is 155 Å². The molecule has 0 fully saturated rings. The molecule has 0 rings (SSSR count). The molecule has 0 spiro atoms. The third-order valence-corrected chi connectivity index (χ3v) is 7.00. The fourth-order valence-electron chi connectivity index (χ4n) is 4.94. The van der Waals surface area contributed by atoms with E-state index in [1.807, 2.05) is 0 Å². The molecule has 0 radical (unpaired) electrons. The molecule has 0 aromatic rings. The standard InChI is InChI=1S/C31H61NO2/c1-4-5-6-7-17-20-23-26-30(29-32(2)3)27-24-21-18-15-13-11-9-8-10-12-14-16-19-22-25-28-31(33)34/h12,14,30H,4-11,13,15-29H2,1-3H3,(H,33,34). The minimum absolute atomic E-state index is 0.319. The van der Waals surface area contributed by atoms with Crippen LogP contribution in [0.4, 0.5) is 0 Å². The van der Waals surface area contributed by atoms with Gasteiger partial charge in [-0.15, -0.1) is 0 Å². The summed E-state index contributed by atoms with van der Waals surface area (Å²) in [5, 5.41) is 8.62. The molecule has 0 aliphatic heterocycles. The molecule has 0 amide bonds. The summed E-state index contributed by atoms with van der Waals surface area (Å²) in [5.41, 5.74) is 0. The number of unbranched alkanes of at least 4 members (excludes halogenated alkanes) is 17. The number of hydrogen-bond acceptors (Lipinski definition) is 2. The molecule has 34 heavy (non-hydrogen) atoms. The summed E-state index contributed by atoms with van der Waals surface area (Å²) in [5.74, 6) is 0.238. The predicted molar refractivity (Wildman–Crippen MR) is 151 cm³/mol. The summed E-state index contributed by atoms with van der Waals surface area (Å²) in [4.78, 5) is 12.9. The molecule has 0 aliphatic rings. The highest BCUT2D eigenvalue weighted by atomic mass is 16.4. The zero-order valence-corrected chi connectivity index (χ0v) is 23.5. The number of nitrogens with zero attached hydrogens (tertiary/aromatic N) is 1. The van der Waals surface area contributed by atoms with E-state index in [0.29, 0.717) is 6.42 Å². The van der Waals surface area contributed by atoms with Crippen molar-refractivity contribution in [3.63, 3.8) is 0 Å². The van der Waals surface area contributed by atoms with E-state index in [-0.39, 0.29) is 0 Å². The van der Waals surface area contributed by atoms with Crippen molar-refractivity contribution in [1.29, 1.82) is 0 Å². The molecule has 1 N–H and O–H groups in total. The molecule has 0 saturated heterocycles. The van der Waals surface area contributed by atoms with Crippen molar-refractivity contribution in [3.05, 3.63) is 12.2 Å². The zero-order valence-electron chi connectivity index (χ0n) is 23.5. The van der Waals surface area contributed by atoms with Crippen LogP contribution < -0.4 is 0 Å². The van der Waals surface area contributed by atoms with Crippen LogP contribution in [-0.4, -0.2) is 36.6 Å². The van der Waals surface area contributed by atoms with Gasteiger partial charge >= 0.3 is 5.97 Å². The van der Waals surface area contributed by atoms with Crippen molar-refractivity contribution in [1.82, 2.24) is 4.90 Å². The molecular weight excluding hydrogens is 418 g/mol. The van der Waals surface area contributed by atoms with Gasteiger partial charge in [0.2, 0.25) is 0 Å². The molecule has 202 valence electrons. The van der Waals surface area contributed by atoms with Crippen LogP contribution in [0.5, 0.6) is 0 Å². The Morgan fingerprint density at radius 3 is 1.50 bits per heavy atom. The summed E-state index contributed by atoms with van der Waals surface area (Å²) in [6.45, 7) is 3.57. The average molecular weight is 480 g/mol. The second-order valence-electron chi connectivity index (χ2n) is 10.9. The van der Waals surface area contributed by atoms with Crippen molar-refractivity contribution < 1.29 is 9.90 Å². The number of rotatable bonds is 27. The van der Waals surface area contributed by atoms with Crippen molar-refractivity contribution in [2.45, 2.75) is 155 Å². The zero-order chi connectivity index (χ0) is 25.1. The number of hydrogen-bond donors (Lipinski definition) is 1. The molecule has 0 aromatic heterocycles. The largest absolute Gasteiger partial charge is 0.481 e. The molecule has 0 saturated carbocycles. The van der Waals surface area contributed by atoms with E-state index < -0.39 is 5.97 Å². The van der Waals surface area contributed by atoms with Gasteiger partial charge in [-0.05, 0) is 65.0 Å². The first-order valence-electron chi connectivity index (χ1n) is 15.1. The summed E-state index contributed by atoms with van der Waals surface area (Å²) in [7, 11) is 4.47. The van der Waals surface area contributed by atoms with Crippen molar-refractivity contribution in [2.24, 2.45) is 5.92 Å². The second-order valence-corrected chi connectivity index (χ2v) is 10.9. The fourth-order valence-corrected chi connectivity index (χ4v) is 4.94. The number of carboxylic acids is 1. The Kier molecular flexibility index (Phi) is 26.1. The van der Waals surface area contributed by atoms with Crippen LogP contribution in [0, 0.1) is 5.92 Å². The highest BCUT2D eigenvalue weighted by Gasteiger charge is 2.09. The highest BCUT2D eigenvalue weighted by Crippen LogP contribution is 2.20. The first-order chi connectivity index (χ1) is 16.6. The Morgan fingerprint density at radius 2 is 1.06 bits per heavy atom. The second kappa shape index (κ2) is 26.8. The Morgan fingerprint density at radius 1 is 0.647 bits per heavy atom. The van der Waals surface area contributed by atoms with E-state index >= 15 is 0 Å². The summed E-state index contributed by atoms with van der Waals surface area (Å²) < 4.78 is 0. The first-order valence-corrected chi connectivity index (χ1v) is 15.1. The van der Waals surface area contributed by atoms with Crippen molar-refractivity contribution >= 4 is 5.97 Å². The minimum Gasteiger partial charge on any atom is -0.481 e. The lowest BCUT2D eigenvalue weighted by molar-refractivity contribution is -0.137. The Balaban J connectivity index is 3.49. The molecule has 3 heteroatoms. The normalized spacial score (nSPS) is 12.7. The number of carbonyl (C=O) groups is 1. The number of aliphatic carboxylic acids is 1. The van der Waals surface area contributed by atoms with E-state index in [1.54, 1.807) is 0 Å². The van der Waals surface area contributed by atoms with Crippen molar-refractivity contribution in [3.8, 4) is 0 Å². The topological polar surface area (TPSA) is 40.5 Å². The summed E-state index contributed by atoms with van der Waals surface area (Å²) in [6.07, 6.45) is 34.3. The lowest BCUT2D eigenvalue weighted by Gasteiger charge is -2.21. The van der Waals surface area contributed by atoms with Gasteiger partial charge in [0.25, 0.3) is 0 Å². The van der Waals surface area contributed by atoms with Crippen LogP contribution in [-0.2, 0) is 4.79 Å². The van der Waals surface area contributed by atoms with Crippen LogP contribution >= 0.6 is 0 Å². The van der Waals surface area contributed by atoms with Gasteiger partial charge < -0.3 is 10.0 Å².